The molecule has 19 heavy (non-hydrogen) atoms. The van der Waals surface area contributed by atoms with Crippen molar-refractivity contribution in [3.63, 3.8) is 0 Å². The van der Waals surface area contributed by atoms with Gasteiger partial charge in [0.05, 0.1) is 33.1 Å². The van der Waals surface area contributed by atoms with Crippen LogP contribution in [0.5, 0.6) is 11.5 Å². The smallest absolute Gasteiger partial charge is 0.142 e. The Kier molecular flexibility index (Phi) is 4.17. The van der Waals surface area contributed by atoms with Crippen LogP contribution in [0.4, 0.5) is 5.69 Å². The Bertz CT molecular complexity index is 427. The van der Waals surface area contributed by atoms with E-state index in [-0.39, 0.29) is 5.41 Å². The van der Waals surface area contributed by atoms with Gasteiger partial charge in [0.25, 0.3) is 0 Å². The van der Waals surface area contributed by atoms with E-state index in [9.17, 15) is 0 Å². The molecule has 0 aromatic heterocycles. The third-order valence-electron chi connectivity index (χ3n) is 3.62. The quantitative estimate of drug-likeness (QED) is 0.836. The maximum atomic E-state index is 5.86. The Balaban J connectivity index is 2.19. The number of hydrogen-bond donors (Lipinski definition) is 1. The van der Waals surface area contributed by atoms with Crippen LogP contribution in [0.1, 0.15) is 0 Å². The fourth-order valence-electron chi connectivity index (χ4n) is 2.35. The zero-order valence-corrected chi connectivity index (χ0v) is 11.8. The summed E-state index contributed by atoms with van der Waals surface area (Å²) in [6.45, 7) is 2.91. The van der Waals surface area contributed by atoms with Crippen molar-refractivity contribution in [3.8, 4) is 11.5 Å². The molecular weight excluding hydrogens is 244 g/mol. The van der Waals surface area contributed by atoms with E-state index < -0.39 is 0 Å². The van der Waals surface area contributed by atoms with Crippen molar-refractivity contribution in [2.75, 3.05) is 52.5 Å². The Morgan fingerprint density at radius 1 is 1.32 bits per heavy atom. The lowest BCUT2D eigenvalue weighted by atomic mass is 9.85. The van der Waals surface area contributed by atoms with Gasteiger partial charge in [0.15, 0.2) is 0 Å². The molecule has 1 saturated heterocycles. The molecule has 0 atom stereocenters. The predicted molar refractivity (Wildman–Crippen MR) is 75.1 cm³/mol. The Hall–Kier alpha value is -1.46. The Morgan fingerprint density at radius 3 is 2.53 bits per heavy atom. The van der Waals surface area contributed by atoms with E-state index in [4.69, 9.17) is 19.9 Å². The van der Waals surface area contributed by atoms with Crippen LogP contribution in [0.25, 0.3) is 0 Å². The van der Waals surface area contributed by atoms with Crippen LogP contribution in [-0.4, -0.2) is 47.6 Å². The predicted octanol–water partition coefficient (Wildman–Crippen LogP) is 1.12. The number of ether oxygens (including phenoxy) is 3. The molecule has 0 unspecified atom stereocenters. The van der Waals surface area contributed by atoms with E-state index >= 15 is 0 Å². The van der Waals surface area contributed by atoms with Gasteiger partial charge in [-0.3, -0.25) is 0 Å². The second-order valence-electron chi connectivity index (χ2n) is 5.09. The Morgan fingerprint density at radius 2 is 2.05 bits per heavy atom. The van der Waals surface area contributed by atoms with Gasteiger partial charge in [-0.2, -0.15) is 0 Å². The van der Waals surface area contributed by atoms with Gasteiger partial charge in [-0.05, 0) is 12.1 Å². The third kappa shape index (κ3) is 2.77. The largest absolute Gasteiger partial charge is 0.497 e. The van der Waals surface area contributed by atoms with Crippen molar-refractivity contribution in [2.45, 2.75) is 0 Å². The van der Waals surface area contributed by atoms with Crippen molar-refractivity contribution in [1.82, 2.24) is 0 Å². The molecule has 106 valence electrons. The maximum Gasteiger partial charge on any atom is 0.142 e. The van der Waals surface area contributed by atoms with E-state index in [0.717, 1.165) is 36.9 Å². The normalized spacial score (nSPS) is 16.6. The molecule has 1 heterocycles. The number of methoxy groups -OCH3 is 2. The van der Waals surface area contributed by atoms with Crippen molar-refractivity contribution in [3.05, 3.63) is 18.2 Å². The van der Waals surface area contributed by atoms with Gasteiger partial charge in [0, 0.05) is 31.6 Å². The molecule has 5 heteroatoms. The summed E-state index contributed by atoms with van der Waals surface area (Å²) in [5, 5.41) is 0. The summed E-state index contributed by atoms with van der Waals surface area (Å²) in [6, 6.07) is 5.78. The highest BCUT2D eigenvalue weighted by atomic mass is 16.5. The summed E-state index contributed by atoms with van der Waals surface area (Å²) in [5.74, 6) is 1.64. The third-order valence-corrected chi connectivity index (χ3v) is 3.62. The fraction of sp³-hybridized carbons (Fsp3) is 0.571. The first-order chi connectivity index (χ1) is 9.14. The summed E-state index contributed by atoms with van der Waals surface area (Å²) in [6.07, 6.45) is 0. The number of nitrogens with zero attached hydrogens (tertiary/aromatic N) is 1. The van der Waals surface area contributed by atoms with Crippen molar-refractivity contribution >= 4 is 5.69 Å². The number of rotatable bonds is 6. The first-order valence-corrected chi connectivity index (χ1v) is 6.35. The van der Waals surface area contributed by atoms with E-state index in [0.29, 0.717) is 6.54 Å². The van der Waals surface area contributed by atoms with Crippen LogP contribution in [0.3, 0.4) is 0 Å². The summed E-state index contributed by atoms with van der Waals surface area (Å²) >= 11 is 0. The number of hydrogen-bond acceptors (Lipinski definition) is 5. The molecule has 0 radical (unpaired) electrons. The van der Waals surface area contributed by atoms with Crippen LogP contribution in [0.15, 0.2) is 18.2 Å². The maximum absolute atomic E-state index is 5.86. The standard InChI is InChI=1S/C14H22N2O3/c1-16(8-14(7-15)9-19-10-14)12-6-11(17-2)4-5-13(12)18-3/h4-6H,7-10,15H2,1-3H3. The molecule has 0 amide bonds. The monoisotopic (exact) mass is 266 g/mol. The average molecular weight is 266 g/mol. The van der Waals surface area contributed by atoms with Crippen LogP contribution in [0.2, 0.25) is 0 Å². The minimum absolute atomic E-state index is 0.0584. The minimum Gasteiger partial charge on any atom is -0.497 e. The summed E-state index contributed by atoms with van der Waals surface area (Å²) < 4.78 is 16.0. The molecule has 0 spiro atoms. The molecule has 1 aromatic rings. The second kappa shape index (κ2) is 5.67. The Labute approximate surface area is 114 Å². The zero-order valence-electron chi connectivity index (χ0n) is 11.8. The van der Waals surface area contributed by atoms with E-state index in [2.05, 4.69) is 4.90 Å². The van der Waals surface area contributed by atoms with Gasteiger partial charge >= 0.3 is 0 Å². The van der Waals surface area contributed by atoms with E-state index in [1.54, 1.807) is 14.2 Å². The zero-order chi connectivity index (χ0) is 13.9. The lowest BCUT2D eigenvalue weighted by molar-refractivity contribution is -0.101. The molecular formula is C14H22N2O3. The SMILES string of the molecule is COc1ccc(OC)c(N(C)CC2(CN)COC2)c1. The molecule has 1 fully saturated rings. The highest BCUT2D eigenvalue weighted by Crippen LogP contribution is 2.35. The molecule has 0 saturated carbocycles. The molecule has 0 bridgehead atoms. The van der Waals surface area contributed by atoms with Crippen molar-refractivity contribution in [2.24, 2.45) is 11.1 Å². The van der Waals surface area contributed by atoms with Crippen molar-refractivity contribution in [1.29, 1.82) is 0 Å². The second-order valence-corrected chi connectivity index (χ2v) is 5.09. The highest BCUT2D eigenvalue weighted by molar-refractivity contribution is 5.61. The molecule has 2 N–H and O–H groups in total. The molecule has 1 aliphatic heterocycles. The number of benzene rings is 1. The summed E-state index contributed by atoms with van der Waals surface area (Å²) in [4.78, 5) is 2.15. The van der Waals surface area contributed by atoms with Crippen LogP contribution < -0.4 is 20.1 Å². The van der Waals surface area contributed by atoms with E-state index in [1.165, 1.54) is 0 Å². The topological polar surface area (TPSA) is 57.0 Å². The molecule has 2 rings (SSSR count). The molecule has 5 nitrogen and oxygen atoms in total. The van der Waals surface area contributed by atoms with Crippen LogP contribution in [-0.2, 0) is 4.74 Å². The van der Waals surface area contributed by atoms with Gasteiger partial charge < -0.3 is 24.8 Å². The average Bonchev–Trinajstić information content (AvgIpc) is 2.41. The van der Waals surface area contributed by atoms with Gasteiger partial charge in [-0.15, -0.1) is 0 Å². The van der Waals surface area contributed by atoms with E-state index in [1.807, 2.05) is 25.2 Å². The lowest BCUT2D eigenvalue weighted by Gasteiger charge is -2.43. The summed E-state index contributed by atoms with van der Waals surface area (Å²) in [7, 11) is 5.37. The minimum atomic E-state index is 0.0584. The first-order valence-electron chi connectivity index (χ1n) is 6.35. The number of nitrogens with two attached hydrogens (primary N) is 1. The van der Waals surface area contributed by atoms with Gasteiger partial charge in [0.1, 0.15) is 11.5 Å². The fourth-order valence-corrected chi connectivity index (χ4v) is 2.35. The van der Waals surface area contributed by atoms with Crippen LogP contribution in [0, 0.1) is 5.41 Å². The molecule has 1 aliphatic rings. The van der Waals surface area contributed by atoms with Gasteiger partial charge in [-0.1, -0.05) is 0 Å². The lowest BCUT2D eigenvalue weighted by Crippen LogP contribution is -2.54. The summed E-state index contributed by atoms with van der Waals surface area (Å²) in [5.41, 5.74) is 6.92. The van der Waals surface area contributed by atoms with Crippen molar-refractivity contribution < 1.29 is 14.2 Å². The highest BCUT2D eigenvalue weighted by Gasteiger charge is 2.38. The first kappa shape index (κ1) is 14.0. The molecule has 0 aliphatic carbocycles. The molecule has 1 aromatic carbocycles. The number of anilines is 1. The van der Waals surface area contributed by atoms with Crippen LogP contribution >= 0.6 is 0 Å². The van der Waals surface area contributed by atoms with Gasteiger partial charge in [-0.25, -0.2) is 0 Å². The van der Waals surface area contributed by atoms with Gasteiger partial charge in [0.2, 0.25) is 0 Å².